The number of carboxylic acids is 1. The van der Waals surface area contributed by atoms with Crippen LogP contribution in [0.5, 0.6) is 5.75 Å². The van der Waals surface area contributed by atoms with Gasteiger partial charge in [-0.25, -0.2) is 4.79 Å². The topological polar surface area (TPSA) is 138 Å². The van der Waals surface area contributed by atoms with Crippen LogP contribution in [0.3, 0.4) is 0 Å². The predicted molar refractivity (Wildman–Crippen MR) is 123 cm³/mol. The minimum absolute atomic E-state index is 0.0491. The van der Waals surface area contributed by atoms with Crippen molar-refractivity contribution in [2.75, 3.05) is 13.1 Å². The Kier molecular flexibility index (Phi) is 8.82. The van der Waals surface area contributed by atoms with Gasteiger partial charge in [0, 0.05) is 37.2 Å². The van der Waals surface area contributed by atoms with Gasteiger partial charge in [-0.15, -0.1) is 0 Å². The Bertz CT molecular complexity index is 1230. The number of benzene rings is 1. The predicted octanol–water partition coefficient (Wildman–Crippen LogP) is 2.56. The Hall–Kier alpha value is -4.42. The van der Waals surface area contributed by atoms with Gasteiger partial charge in [0.15, 0.2) is 0 Å². The van der Waals surface area contributed by atoms with Gasteiger partial charge in [0.2, 0.25) is 5.91 Å². The van der Waals surface area contributed by atoms with Crippen molar-refractivity contribution in [2.45, 2.75) is 31.6 Å². The number of aromatic hydroxyl groups is 1. The summed E-state index contributed by atoms with van der Waals surface area (Å²) in [5, 5.41) is 24.1. The molecule has 2 aromatic heterocycles. The maximum atomic E-state index is 12.9. The zero-order valence-electron chi connectivity index (χ0n) is 19.4. The van der Waals surface area contributed by atoms with Gasteiger partial charge in [0.25, 0.3) is 5.91 Å². The molecule has 0 saturated carbocycles. The molecule has 0 radical (unpaired) electrons. The van der Waals surface area contributed by atoms with E-state index >= 15 is 0 Å². The van der Waals surface area contributed by atoms with Gasteiger partial charge in [-0.1, -0.05) is 6.07 Å². The fourth-order valence-corrected chi connectivity index (χ4v) is 3.70. The third-order valence-corrected chi connectivity index (χ3v) is 5.41. The number of fused-ring (bicyclic) bond motifs is 1. The minimum atomic E-state index is -5.08. The first kappa shape index (κ1) is 27.2. The molecule has 1 unspecified atom stereocenters. The van der Waals surface area contributed by atoms with Crippen LogP contribution in [0.25, 0.3) is 0 Å². The number of carbonyl (C=O) groups is 3. The second kappa shape index (κ2) is 12.0. The van der Waals surface area contributed by atoms with E-state index in [1.165, 1.54) is 12.1 Å². The Balaban J connectivity index is 0.000000479. The number of carbonyl (C=O) groups excluding carboxylic acids is 2. The number of amides is 2. The molecule has 0 fully saturated rings. The lowest BCUT2D eigenvalue weighted by molar-refractivity contribution is -0.192. The number of nitrogens with one attached hydrogen (secondary N) is 1. The molecule has 1 aromatic carbocycles. The number of halogens is 3. The van der Waals surface area contributed by atoms with Gasteiger partial charge in [-0.05, 0) is 48.4 Å². The Morgan fingerprint density at radius 2 is 1.78 bits per heavy atom. The summed E-state index contributed by atoms with van der Waals surface area (Å²) in [6.07, 6.45) is 1.03. The highest BCUT2D eigenvalue weighted by atomic mass is 19.4. The van der Waals surface area contributed by atoms with Gasteiger partial charge >= 0.3 is 12.1 Å². The summed E-state index contributed by atoms with van der Waals surface area (Å²) in [4.78, 5) is 40.0. The third-order valence-electron chi connectivity index (χ3n) is 5.41. The van der Waals surface area contributed by atoms with Crippen LogP contribution in [0.1, 0.15) is 34.1 Å². The fraction of sp³-hybridized carbons (Fsp3) is 0.292. The first-order chi connectivity index (χ1) is 17.5. The fourth-order valence-electron chi connectivity index (χ4n) is 3.70. The van der Waals surface area contributed by atoms with E-state index in [1.807, 2.05) is 22.9 Å². The molecular formula is C24H24F3N5O5. The number of alkyl halides is 3. The molecule has 1 atom stereocenters. The van der Waals surface area contributed by atoms with E-state index in [2.05, 4.69) is 15.4 Å². The monoisotopic (exact) mass is 519 g/mol. The molecule has 3 aromatic rings. The summed E-state index contributed by atoms with van der Waals surface area (Å²) >= 11 is 0. The van der Waals surface area contributed by atoms with Gasteiger partial charge < -0.3 is 20.4 Å². The molecule has 0 saturated heterocycles. The van der Waals surface area contributed by atoms with Crippen LogP contribution in [-0.4, -0.2) is 66.9 Å². The zero-order chi connectivity index (χ0) is 27.0. The SMILES string of the molecule is O=C(CC1CN(C(=O)c2cccc(O)c2)Cc2ccnn21)NCCc1ccncc1.O=C(O)C(F)(F)F. The summed E-state index contributed by atoms with van der Waals surface area (Å²) < 4.78 is 33.6. The van der Waals surface area contributed by atoms with Crippen LogP contribution >= 0.6 is 0 Å². The van der Waals surface area contributed by atoms with E-state index in [-0.39, 0.29) is 30.0 Å². The normalized spacial score (nSPS) is 14.7. The van der Waals surface area contributed by atoms with Crippen molar-refractivity contribution in [3.8, 4) is 5.75 Å². The Labute approximate surface area is 209 Å². The van der Waals surface area contributed by atoms with Crippen LogP contribution in [0.2, 0.25) is 0 Å². The molecule has 10 nitrogen and oxygen atoms in total. The van der Waals surface area contributed by atoms with Crippen molar-refractivity contribution >= 4 is 17.8 Å². The summed E-state index contributed by atoms with van der Waals surface area (Å²) in [6, 6.07) is 11.8. The van der Waals surface area contributed by atoms with Gasteiger partial charge in [-0.3, -0.25) is 19.3 Å². The molecule has 1 aliphatic heterocycles. The quantitative estimate of drug-likeness (QED) is 0.455. The van der Waals surface area contributed by atoms with Gasteiger partial charge in [-0.2, -0.15) is 18.3 Å². The number of phenols is 1. The number of hydrogen-bond acceptors (Lipinski definition) is 6. The van der Waals surface area contributed by atoms with Gasteiger partial charge in [0.05, 0.1) is 24.7 Å². The second-order valence-electron chi connectivity index (χ2n) is 8.12. The molecule has 196 valence electrons. The number of nitrogens with zero attached hydrogens (tertiary/aromatic N) is 4. The van der Waals surface area contributed by atoms with Crippen molar-refractivity contribution in [1.82, 2.24) is 25.0 Å². The highest BCUT2D eigenvalue weighted by Gasteiger charge is 2.38. The standard InChI is InChI=1S/C22H23N5O3.C2HF3O2/c28-20-3-1-2-17(12-20)22(30)26-14-18-7-11-25-27(18)19(15-26)13-21(29)24-10-6-16-4-8-23-9-5-16;3-2(4,5)1(6)7/h1-5,7-9,11-12,19,28H,6,10,13-15H2,(H,24,29);(H,6,7). The van der Waals surface area contributed by atoms with Crippen LogP contribution in [0, 0.1) is 0 Å². The first-order valence-corrected chi connectivity index (χ1v) is 11.1. The number of pyridine rings is 1. The molecule has 1 aliphatic rings. The summed E-state index contributed by atoms with van der Waals surface area (Å²) in [5.74, 6) is -2.97. The van der Waals surface area contributed by atoms with Crippen molar-refractivity contribution in [2.24, 2.45) is 0 Å². The van der Waals surface area contributed by atoms with E-state index in [9.17, 15) is 27.9 Å². The van der Waals surface area contributed by atoms with Crippen LogP contribution < -0.4 is 5.32 Å². The third kappa shape index (κ3) is 7.78. The molecule has 13 heteroatoms. The van der Waals surface area contributed by atoms with Crippen molar-refractivity contribution in [3.05, 3.63) is 77.9 Å². The Morgan fingerprint density at radius 1 is 1.08 bits per heavy atom. The largest absolute Gasteiger partial charge is 0.508 e. The van der Waals surface area contributed by atoms with Crippen molar-refractivity contribution in [1.29, 1.82) is 0 Å². The van der Waals surface area contributed by atoms with Crippen LogP contribution in [-0.2, 0) is 22.6 Å². The van der Waals surface area contributed by atoms with E-state index in [0.29, 0.717) is 25.2 Å². The highest BCUT2D eigenvalue weighted by Crippen LogP contribution is 2.25. The van der Waals surface area contributed by atoms with Crippen molar-refractivity contribution in [3.63, 3.8) is 0 Å². The average Bonchev–Trinajstić information content (AvgIpc) is 3.33. The lowest BCUT2D eigenvalue weighted by Gasteiger charge is -2.33. The zero-order valence-corrected chi connectivity index (χ0v) is 19.4. The van der Waals surface area contributed by atoms with E-state index < -0.39 is 12.1 Å². The smallest absolute Gasteiger partial charge is 0.490 e. The number of carboxylic acid groups (broad SMARTS) is 1. The molecule has 0 aliphatic carbocycles. The number of phenolic OH excluding ortho intramolecular Hbond substituents is 1. The highest BCUT2D eigenvalue weighted by molar-refractivity contribution is 5.94. The number of aromatic nitrogens is 3. The number of rotatable bonds is 6. The lowest BCUT2D eigenvalue weighted by Crippen LogP contribution is -2.43. The summed E-state index contributed by atoms with van der Waals surface area (Å²) in [7, 11) is 0. The summed E-state index contributed by atoms with van der Waals surface area (Å²) in [5.41, 5.74) is 2.41. The van der Waals surface area contributed by atoms with Crippen molar-refractivity contribution < 1.29 is 37.8 Å². The number of aliphatic carboxylic acids is 1. The van der Waals surface area contributed by atoms with Crippen LogP contribution in [0.4, 0.5) is 13.2 Å². The second-order valence-corrected chi connectivity index (χ2v) is 8.12. The lowest BCUT2D eigenvalue weighted by atomic mass is 10.1. The average molecular weight is 519 g/mol. The molecule has 2 amide bonds. The molecule has 37 heavy (non-hydrogen) atoms. The van der Waals surface area contributed by atoms with E-state index in [1.54, 1.807) is 35.6 Å². The van der Waals surface area contributed by atoms with E-state index in [4.69, 9.17) is 9.90 Å². The van der Waals surface area contributed by atoms with Crippen LogP contribution in [0.15, 0.2) is 61.1 Å². The van der Waals surface area contributed by atoms with Gasteiger partial charge in [0.1, 0.15) is 5.75 Å². The maximum Gasteiger partial charge on any atom is 0.490 e. The first-order valence-electron chi connectivity index (χ1n) is 11.1. The number of hydrogen-bond donors (Lipinski definition) is 3. The molecule has 4 rings (SSSR count). The molecule has 3 heterocycles. The minimum Gasteiger partial charge on any atom is -0.508 e. The molecule has 0 bridgehead atoms. The molecule has 3 N–H and O–H groups in total. The Morgan fingerprint density at radius 3 is 2.43 bits per heavy atom. The summed E-state index contributed by atoms with van der Waals surface area (Å²) in [6.45, 7) is 1.32. The molecule has 0 spiro atoms. The maximum absolute atomic E-state index is 12.9. The molecular weight excluding hydrogens is 495 g/mol. The van der Waals surface area contributed by atoms with E-state index in [0.717, 1.165) is 17.7 Å².